The highest BCUT2D eigenvalue weighted by Gasteiger charge is 1.99. The molecule has 0 rings (SSSR count). The second-order valence-corrected chi connectivity index (χ2v) is 4.38. The van der Waals surface area contributed by atoms with E-state index in [1.807, 2.05) is 0 Å². The number of rotatable bonds is 5. The van der Waals surface area contributed by atoms with Crippen LogP contribution in [0, 0.1) is 11.8 Å². The molecule has 0 aromatic carbocycles. The van der Waals surface area contributed by atoms with Gasteiger partial charge < -0.3 is 0 Å². The van der Waals surface area contributed by atoms with Gasteiger partial charge in [0.05, 0.1) is 0 Å². The Kier molecular flexibility index (Phi) is 6.14. The van der Waals surface area contributed by atoms with Gasteiger partial charge in [0.2, 0.25) is 0 Å². The molecule has 0 aromatic rings. The lowest BCUT2D eigenvalue weighted by Gasteiger charge is -2.08. The van der Waals surface area contributed by atoms with Gasteiger partial charge in [0.25, 0.3) is 0 Å². The molecule has 12 heavy (non-hydrogen) atoms. The predicted molar refractivity (Wildman–Crippen MR) is 57.3 cm³/mol. The van der Waals surface area contributed by atoms with Crippen LogP contribution in [0.1, 0.15) is 53.9 Å². The third kappa shape index (κ3) is 6.45. The Morgan fingerprint density at radius 1 is 1.25 bits per heavy atom. The molecule has 0 nitrogen and oxygen atoms in total. The summed E-state index contributed by atoms with van der Waals surface area (Å²) in [5, 5.41) is 0. The quantitative estimate of drug-likeness (QED) is 0.533. The van der Waals surface area contributed by atoms with E-state index in [1.54, 1.807) is 5.57 Å². The fourth-order valence-corrected chi connectivity index (χ4v) is 1.74. The fourth-order valence-electron chi connectivity index (χ4n) is 1.74. The van der Waals surface area contributed by atoms with E-state index < -0.39 is 0 Å². The average Bonchev–Trinajstić information content (AvgIpc) is 1.84. The van der Waals surface area contributed by atoms with Gasteiger partial charge in [0, 0.05) is 0 Å². The van der Waals surface area contributed by atoms with Crippen LogP contribution in [0.4, 0.5) is 0 Å². The first-order valence-corrected chi connectivity index (χ1v) is 5.23. The van der Waals surface area contributed by atoms with Crippen molar-refractivity contribution in [1.29, 1.82) is 0 Å². The molecular weight excluding hydrogens is 144 g/mol. The molecule has 0 aliphatic carbocycles. The van der Waals surface area contributed by atoms with Crippen LogP contribution >= 0.6 is 0 Å². The second kappa shape index (κ2) is 6.28. The molecule has 72 valence electrons. The first-order chi connectivity index (χ1) is 5.56. The largest absolute Gasteiger partial charge is 0.0828 e. The molecule has 0 amide bonds. The Hall–Kier alpha value is -0.260. The molecule has 0 heteroatoms. The van der Waals surface area contributed by atoms with Gasteiger partial charge >= 0.3 is 0 Å². The van der Waals surface area contributed by atoms with Gasteiger partial charge in [-0.1, -0.05) is 45.8 Å². The number of hydrogen-bond donors (Lipinski definition) is 0. The van der Waals surface area contributed by atoms with E-state index >= 15 is 0 Å². The smallest absolute Gasteiger partial charge is 0.0259 e. The molecule has 0 saturated heterocycles. The molecule has 0 fully saturated rings. The van der Waals surface area contributed by atoms with Crippen LogP contribution in [0.15, 0.2) is 11.6 Å². The van der Waals surface area contributed by atoms with E-state index in [-0.39, 0.29) is 0 Å². The Labute approximate surface area is 78.1 Å². The van der Waals surface area contributed by atoms with Crippen molar-refractivity contribution in [3.63, 3.8) is 0 Å². The molecule has 1 unspecified atom stereocenters. The minimum absolute atomic E-state index is 0.772. The zero-order valence-electron chi connectivity index (χ0n) is 9.35. The van der Waals surface area contributed by atoms with Crippen LogP contribution in [-0.2, 0) is 0 Å². The molecule has 1 atom stereocenters. The molecule has 0 N–H and O–H groups in total. The van der Waals surface area contributed by atoms with Crippen molar-refractivity contribution in [3.05, 3.63) is 11.6 Å². The highest BCUT2D eigenvalue weighted by atomic mass is 14.1. The van der Waals surface area contributed by atoms with Crippen molar-refractivity contribution in [2.75, 3.05) is 0 Å². The molecule has 0 aromatic heterocycles. The first-order valence-electron chi connectivity index (χ1n) is 5.23. The lowest BCUT2D eigenvalue weighted by Crippen LogP contribution is -1.93. The summed E-state index contributed by atoms with van der Waals surface area (Å²) in [5.74, 6) is 1.57. The van der Waals surface area contributed by atoms with Crippen LogP contribution in [0.25, 0.3) is 0 Å². The summed E-state index contributed by atoms with van der Waals surface area (Å²) in [6.45, 7) is 11.4. The summed E-state index contributed by atoms with van der Waals surface area (Å²) >= 11 is 0. The number of allylic oxidation sites excluding steroid dienone is 2. The van der Waals surface area contributed by atoms with E-state index in [2.05, 4.69) is 40.7 Å². The maximum Gasteiger partial charge on any atom is -0.0259 e. The van der Waals surface area contributed by atoms with E-state index in [0.717, 1.165) is 11.8 Å². The van der Waals surface area contributed by atoms with Gasteiger partial charge in [-0.3, -0.25) is 0 Å². The summed E-state index contributed by atoms with van der Waals surface area (Å²) in [7, 11) is 0. The van der Waals surface area contributed by atoms with Gasteiger partial charge in [-0.25, -0.2) is 0 Å². The van der Waals surface area contributed by atoms with Crippen molar-refractivity contribution in [1.82, 2.24) is 0 Å². The Balaban J connectivity index is 3.80. The van der Waals surface area contributed by atoms with E-state index in [9.17, 15) is 0 Å². The summed E-state index contributed by atoms with van der Waals surface area (Å²) < 4.78 is 0. The summed E-state index contributed by atoms with van der Waals surface area (Å²) in [6, 6.07) is 0. The van der Waals surface area contributed by atoms with Crippen LogP contribution in [0.3, 0.4) is 0 Å². The second-order valence-electron chi connectivity index (χ2n) is 4.38. The van der Waals surface area contributed by atoms with E-state index in [0.29, 0.717) is 0 Å². The maximum absolute atomic E-state index is 2.43. The van der Waals surface area contributed by atoms with E-state index in [1.165, 1.54) is 19.3 Å². The Bertz CT molecular complexity index is 131. The minimum Gasteiger partial charge on any atom is -0.0828 e. The lowest BCUT2D eigenvalue weighted by atomic mass is 9.98. The van der Waals surface area contributed by atoms with Gasteiger partial charge in [0.15, 0.2) is 0 Å². The lowest BCUT2D eigenvalue weighted by molar-refractivity contribution is 0.605. The van der Waals surface area contributed by atoms with Crippen LogP contribution < -0.4 is 0 Å². The zero-order valence-corrected chi connectivity index (χ0v) is 9.35. The van der Waals surface area contributed by atoms with Gasteiger partial charge in [-0.15, -0.1) is 0 Å². The SMILES string of the molecule is CCCC(C)C=C(C)CC(C)C. The van der Waals surface area contributed by atoms with Crippen molar-refractivity contribution >= 4 is 0 Å². The van der Waals surface area contributed by atoms with Gasteiger partial charge in [0.1, 0.15) is 0 Å². The maximum atomic E-state index is 2.43. The average molecular weight is 168 g/mol. The van der Waals surface area contributed by atoms with E-state index in [4.69, 9.17) is 0 Å². The standard InChI is InChI=1S/C12H24/c1-6-7-11(4)9-12(5)8-10(2)3/h9-11H,6-8H2,1-5H3. The third-order valence-corrected chi connectivity index (χ3v) is 2.04. The van der Waals surface area contributed by atoms with Crippen LogP contribution in [0.5, 0.6) is 0 Å². The molecular formula is C12H24. The molecule has 0 saturated carbocycles. The summed E-state index contributed by atoms with van der Waals surface area (Å²) in [4.78, 5) is 0. The minimum atomic E-state index is 0.772. The van der Waals surface area contributed by atoms with Crippen molar-refractivity contribution in [3.8, 4) is 0 Å². The van der Waals surface area contributed by atoms with Crippen LogP contribution in [-0.4, -0.2) is 0 Å². The normalized spacial score (nSPS) is 15.3. The number of hydrogen-bond acceptors (Lipinski definition) is 0. The third-order valence-electron chi connectivity index (χ3n) is 2.04. The van der Waals surface area contributed by atoms with Crippen molar-refractivity contribution in [2.24, 2.45) is 11.8 Å². The fraction of sp³-hybridized carbons (Fsp3) is 0.833. The molecule has 0 bridgehead atoms. The molecule has 0 aliphatic rings. The summed E-state index contributed by atoms with van der Waals surface area (Å²) in [6.07, 6.45) is 6.32. The molecule has 0 radical (unpaired) electrons. The highest BCUT2D eigenvalue weighted by Crippen LogP contribution is 2.15. The van der Waals surface area contributed by atoms with Gasteiger partial charge in [-0.2, -0.15) is 0 Å². The summed E-state index contributed by atoms with van der Waals surface area (Å²) in [5.41, 5.74) is 1.56. The molecule has 0 spiro atoms. The molecule has 0 heterocycles. The van der Waals surface area contributed by atoms with Crippen molar-refractivity contribution < 1.29 is 0 Å². The Morgan fingerprint density at radius 3 is 2.25 bits per heavy atom. The Morgan fingerprint density at radius 2 is 1.83 bits per heavy atom. The highest BCUT2D eigenvalue weighted by molar-refractivity contribution is 5.00. The van der Waals surface area contributed by atoms with Crippen molar-refractivity contribution in [2.45, 2.75) is 53.9 Å². The molecule has 0 aliphatic heterocycles. The topological polar surface area (TPSA) is 0 Å². The first kappa shape index (κ1) is 11.7. The monoisotopic (exact) mass is 168 g/mol. The van der Waals surface area contributed by atoms with Gasteiger partial charge in [-0.05, 0) is 31.6 Å². The predicted octanol–water partition coefficient (Wildman–Crippen LogP) is 4.42. The zero-order chi connectivity index (χ0) is 9.56. The van der Waals surface area contributed by atoms with Crippen LogP contribution in [0.2, 0.25) is 0 Å².